The molecular formula is C27H27BF2N2. The van der Waals surface area contributed by atoms with Gasteiger partial charge in [-0.15, -0.1) is 0 Å². The van der Waals surface area contributed by atoms with Gasteiger partial charge in [0.05, 0.1) is 5.70 Å². The van der Waals surface area contributed by atoms with E-state index >= 15 is 0 Å². The van der Waals surface area contributed by atoms with E-state index in [1.165, 1.54) is 0 Å². The van der Waals surface area contributed by atoms with Crippen molar-refractivity contribution in [1.29, 1.82) is 0 Å². The smallest absolute Gasteiger partial charge is 0.329 e. The Balaban J connectivity index is 1.98. The van der Waals surface area contributed by atoms with Crippen molar-refractivity contribution in [3.63, 3.8) is 0 Å². The van der Waals surface area contributed by atoms with Gasteiger partial charge in [0.25, 0.3) is 0 Å². The SMILES string of the molecule is CCC1=N/C(=C(/C)c2c(C)c(-c3ccccc3)c(C)n2B(F)F)C(C)=C1c1ccccc1. The van der Waals surface area contributed by atoms with Crippen LogP contribution < -0.4 is 0 Å². The summed E-state index contributed by atoms with van der Waals surface area (Å²) in [7, 11) is -2.63. The number of allylic oxidation sites excluding steroid dienone is 3. The van der Waals surface area contributed by atoms with Crippen molar-refractivity contribution in [3.05, 3.63) is 94.4 Å². The van der Waals surface area contributed by atoms with E-state index in [4.69, 9.17) is 4.99 Å². The van der Waals surface area contributed by atoms with Gasteiger partial charge in [-0.1, -0.05) is 67.6 Å². The number of aliphatic imine (C=N–C) groups is 1. The first-order valence-electron chi connectivity index (χ1n) is 11.0. The average Bonchev–Trinajstić information content (AvgIpc) is 3.27. The number of hydrogen-bond donors (Lipinski definition) is 0. The van der Waals surface area contributed by atoms with Crippen molar-refractivity contribution in [3.8, 4) is 11.1 Å². The van der Waals surface area contributed by atoms with Gasteiger partial charge in [-0.05, 0) is 62.0 Å². The van der Waals surface area contributed by atoms with Crippen LogP contribution in [0.1, 0.15) is 49.7 Å². The van der Waals surface area contributed by atoms with Gasteiger partial charge < -0.3 is 4.48 Å². The molecule has 2 heterocycles. The number of benzene rings is 2. The molecule has 2 aromatic carbocycles. The van der Waals surface area contributed by atoms with Crippen molar-refractivity contribution in [2.75, 3.05) is 0 Å². The minimum Gasteiger partial charge on any atom is -0.329 e. The van der Waals surface area contributed by atoms with E-state index in [-0.39, 0.29) is 0 Å². The summed E-state index contributed by atoms with van der Waals surface area (Å²) in [5.41, 5.74) is 9.61. The molecule has 0 N–H and O–H groups in total. The molecule has 0 amide bonds. The van der Waals surface area contributed by atoms with E-state index in [2.05, 4.69) is 19.1 Å². The van der Waals surface area contributed by atoms with E-state index in [9.17, 15) is 8.63 Å². The second-order valence-corrected chi connectivity index (χ2v) is 8.20. The molecule has 0 unspecified atom stereocenters. The summed E-state index contributed by atoms with van der Waals surface area (Å²) >= 11 is 0. The zero-order chi connectivity index (χ0) is 23.0. The van der Waals surface area contributed by atoms with Gasteiger partial charge in [0.2, 0.25) is 0 Å². The highest BCUT2D eigenvalue weighted by atomic mass is 19.2. The normalized spacial score (nSPS) is 15.3. The van der Waals surface area contributed by atoms with Gasteiger partial charge in [-0.3, -0.25) is 13.6 Å². The summed E-state index contributed by atoms with van der Waals surface area (Å²) in [6.45, 7) is 9.75. The Kier molecular flexibility index (Phi) is 6.01. The van der Waals surface area contributed by atoms with Crippen LogP contribution in [0.2, 0.25) is 0 Å². The topological polar surface area (TPSA) is 17.3 Å². The summed E-state index contributed by atoms with van der Waals surface area (Å²) in [5, 5.41) is 0. The number of halogens is 2. The molecule has 0 saturated carbocycles. The Bertz CT molecular complexity index is 1250. The lowest BCUT2D eigenvalue weighted by molar-refractivity contribution is 0.624. The predicted molar refractivity (Wildman–Crippen MR) is 132 cm³/mol. The monoisotopic (exact) mass is 428 g/mol. The molecule has 5 heteroatoms. The van der Waals surface area contributed by atoms with Crippen molar-refractivity contribution >= 4 is 24.3 Å². The zero-order valence-corrected chi connectivity index (χ0v) is 19.2. The average molecular weight is 428 g/mol. The lowest BCUT2D eigenvalue weighted by Gasteiger charge is -2.12. The third-order valence-corrected chi connectivity index (χ3v) is 6.33. The highest BCUT2D eigenvalue weighted by Gasteiger charge is 2.31. The predicted octanol–water partition coefficient (Wildman–Crippen LogP) is 7.61. The largest absolute Gasteiger partial charge is 0.677 e. The second-order valence-electron chi connectivity index (χ2n) is 8.20. The van der Waals surface area contributed by atoms with Gasteiger partial charge in [-0.25, -0.2) is 0 Å². The summed E-state index contributed by atoms with van der Waals surface area (Å²) in [5.74, 6) is 0. The Morgan fingerprint density at radius 3 is 2.00 bits per heavy atom. The molecule has 162 valence electrons. The van der Waals surface area contributed by atoms with Gasteiger partial charge in [0.15, 0.2) is 0 Å². The lowest BCUT2D eigenvalue weighted by Crippen LogP contribution is -2.17. The van der Waals surface area contributed by atoms with Crippen molar-refractivity contribution in [1.82, 2.24) is 4.48 Å². The Morgan fingerprint density at radius 2 is 1.47 bits per heavy atom. The highest BCUT2D eigenvalue weighted by Crippen LogP contribution is 2.41. The molecule has 1 aromatic heterocycles. The molecule has 0 bridgehead atoms. The summed E-state index contributed by atoms with van der Waals surface area (Å²) in [6.07, 6.45) is 0.779. The minimum atomic E-state index is -2.63. The first-order valence-corrected chi connectivity index (χ1v) is 11.0. The number of nitrogens with zero attached hydrogens (tertiary/aromatic N) is 2. The zero-order valence-electron chi connectivity index (χ0n) is 19.2. The Labute approximate surface area is 189 Å². The molecule has 0 spiro atoms. The fourth-order valence-corrected chi connectivity index (χ4v) is 4.93. The highest BCUT2D eigenvalue weighted by molar-refractivity contribution is 6.42. The number of aromatic nitrogens is 1. The third kappa shape index (κ3) is 3.56. The van der Waals surface area contributed by atoms with Crippen LogP contribution in [-0.2, 0) is 0 Å². The standard InChI is InChI=1S/C27H27BF2N2/c1-6-23-25(22-15-11-8-12-16-22)17(2)26(31-23)19(4)27-18(3)24(20(5)32(27)28(29)30)21-13-9-7-10-14-21/h7-16H,6H2,1-5H3/b26-19-. The molecule has 2 nitrogen and oxygen atoms in total. The van der Waals surface area contributed by atoms with Crippen LogP contribution in [0.4, 0.5) is 8.63 Å². The van der Waals surface area contributed by atoms with Gasteiger partial charge in [-0.2, -0.15) is 0 Å². The second kappa shape index (κ2) is 8.74. The van der Waals surface area contributed by atoms with Crippen LogP contribution in [0.5, 0.6) is 0 Å². The first-order chi connectivity index (χ1) is 15.4. The summed E-state index contributed by atoms with van der Waals surface area (Å²) < 4.78 is 29.8. The van der Waals surface area contributed by atoms with E-state index in [0.29, 0.717) is 11.4 Å². The fourth-order valence-electron chi connectivity index (χ4n) is 4.93. The lowest BCUT2D eigenvalue weighted by atomic mass is 9.94. The molecule has 0 fully saturated rings. The Hall–Kier alpha value is -3.21. The molecule has 1 aliphatic heterocycles. The van der Waals surface area contributed by atoms with Gasteiger partial charge in [0, 0.05) is 28.2 Å². The molecular weight excluding hydrogens is 401 g/mol. The molecule has 0 saturated heterocycles. The van der Waals surface area contributed by atoms with Crippen molar-refractivity contribution in [2.45, 2.75) is 41.0 Å². The maximum Gasteiger partial charge on any atom is 0.677 e. The molecule has 0 radical (unpaired) electrons. The van der Waals surface area contributed by atoms with E-state index < -0.39 is 7.40 Å². The number of rotatable bonds is 5. The molecule has 4 rings (SSSR count). The summed E-state index contributed by atoms with van der Waals surface area (Å²) in [4.78, 5) is 4.94. The van der Waals surface area contributed by atoms with Gasteiger partial charge >= 0.3 is 7.40 Å². The van der Waals surface area contributed by atoms with Crippen molar-refractivity contribution in [2.24, 2.45) is 4.99 Å². The van der Waals surface area contributed by atoms with E-state index in [1.807, 2.05) is 69.3 Å². The molecule has 0 aliphatic carbocycles. The fraction of sp³-hybridized carbons (Fsp3) is 0.222. The van der Waals surface area contributed by atoms with Crippen LogP contribution in [-0.4, -0.2) is 17.6 Å². The van der Waals surface area contributed by atoms with E-state index in [0.717, 1.165) is 61.3 Å². The van der Waals surface area contributed by atoms with Crippen molar-refractivity contribution < 1.29 is 8.63 Å². The van der Waals surface area contributed by atoms with Crippen LogP contribution in [0.3, 0.4) is 0 Å². The van der Waals surface area contributed by atoms with Crippen LogP contribution in [0, 0.1) is 13.8 Å². The molecule has 3 aromatic rings. The maximum absolute atomic E-state index is 14.3. The minimum absolute atomic E-state index is 0.555. The third-order valence-electron chi connectivity index (χ3n) is 6.33. The number of hydrogen-bond acceptors (Lipinski definition) is 1. The maximum atomic E-state index is 14.3. The summed E-state index contributed by atoms with van der Waals surface area (Å²) in [6, 6.07) is 19.9. The van der Waals surface area contributed by atoms with E-state index in [1.54, 1.807) is 6.92 Å². The Morgan fingerprint density at radius 1 is 0.906 bits per heavy atom. The van der Waals surface area contributed by atoms with Crippen LogP contribution >= 0.6 is 0 Å². The molecule has 1 aliphatic rings. The first kappa shape index (κ1) is 22.0. The quantitative estimate of drug-likeness (QED) is 0.372. The van der Waals surface area contributed by atoms with Crippen LogP contribution in [0.25, 0.3) is 22.3 Å². The van der Waals surface area contributed by atoms with Gasteiger partial charge in [0.1, 0.15) is 0 Å². The van der Waals surface area contributed by atoms with Crippen LogP contribution in [0.15, 0.2) is 76.9 Å². The molecule has 0 atom stereocenters. The molecule has 32 heavy (non-hydrogen) atoms.